The lowest BCUT2D eigenvalue weighted by Gasteiger charge is -2.05. The van der Waals surface area contributed by atoms with Gasteiger partial charge in [0.15, 0.2) is 0 Å². The highest BCUT2D eigenvalue weighted by molar-refractivity contribution is 9.10. The molecule has 0 aliphatic rings. The van der Waals surface area contributed by atoms with Crippen molar-refractivity contribution in [2.45, 2.75) is 4.90 Å². The first-order valence-electron chi connectivity index (χ1n) is 5.57. The molecular formula is C14H11BrClNOS. The molecule has 2 aromatic rings. The Kier molecular flexibility index (Phi) is 5.31. The van der Waals surface area contributed by atoms with E-state index in [0.717, 1.165) is 9.37 Å². The van der Waals surface area contributed by atoms with Gasteiger partial charge < -0.3 is 5.32 Å². The van der Waals surface area contributed by atoms with Gasteiger partial charge in [-0.2, -0.15) is 0 Å². The molecule has 0 radical (unpaired) electrons. The predicted octanol–water partition coefficient (Wildman–Crippen LogP) is 4.83. The minimum atomic E-state index is -0.0461. The molecular weight excluding hydrogens is 346 g/mol. The molecule has 0 saturated heterocycles. The van der Waals surface area contributed by atoms with Gasteiger partial charge in [-0.3, -0.25) is 4.79 Å². The van der Waals surface area contributed by atoms with Crippen molar-refractivity contribution >= 4 is 50.9 Å². The summed E-state index contributed by atoms with van der Waals surface area (Å²) in [5.41, 5.74) is 0.717. The number of hydrogen-bond donors (Lipinski definition) is 1. The number of rotatable bonds is 4. The van der Waals surface area contributed by atoms with Gasteiger partial charge in [-0.1, -0.05) is 33.6 Å². The molecule has 1 N–H and O–H groups in total. The molecule has 0 bridgehead atoms. The Morgan fingerprint density at radius 1 is 1.21 bits per heavy atom. The third-order valence-corrected chi connectivity index (χ3v) is 4.07. The van der Waals surface area contributed by atoms with Crippen LogP contribution in [0.1, 0.15) is 0 Å². The van der Waals surface area contributed by atoms with Gasteiger partial charge in [0, 0.05) is 20.1 Å². The van der Waals surface area contributed by atoms with Crippen molar-refractivity contribution < 1.29 is 4.79 Å². The van der Waals surface area contributed by atoms with Crippen LogP contribution in [0.15, 0.2) is 57.9 Å². The van der Waals surface area contributed by atoms with Crippen LogP contribution in [0, 0.1) is 0 Å². The molecule has 0 aromatic heterocycles. The highest BCUT2D eigenvalue weighted by Gasteiger charge is 2.04. The second kappa shape index (κ2) is 6.98. The van der Waals surface area contributed by atoms with E-state index in [2.05, 4.69) is 21.2 Å². The number of hydrogen-bond acceptors (Lipinski definition) is 2. The van der Waals surface area contributed by atoms with E-state index in [1.54, 1.807) is 18.2 Å². The number of halogens is 2. The van der Waals surface area contributed by atoms with Crippen molar-refractivity contribution in [3.8, 4) is 0 Å². The standard InChI is InChI=1S/C14H11BrClNOS/c15-10-4-6-13(7-5-10)19-9-14(18)17-12-3-1-2-11(16)8-12/h1-8H,9H2,(H,17,18). The first-order chi connectivity index (χ1) is 9.13. The molecule has 5 heteroatoms. The average molecular weight is 357 g/mol. The predicted molar refractivity (Wildman–Crippen MR) is 84.9 cm³/mol. The summed E-state index contributed by atoms with van der Waals surface area (Å²) in [6.07, 6.45) is 0. The van der Waals surface area contributed by atoms with Crippen LogP contribution in [0.25, 0.3) is 0 Å². The van der Waals surface area contributed by atoms with E-state index in [4.69, 9.17) is 11.6 Å². The minimum Gasteiger partial charge on any atom is -0.325 e. The summed E-state index contributed by atoms with van der Waals surface area (Å²) >= 11 is 10.7. The number of amides is 1. The fourth-order valence-electron chi connectivity index (χ4n) is 1.44. The topological polar surface area (TPSA) is 29.1 Å². The van der Waals surface area contributed by atoms with Gasteiger partial charge in [0.2, 0.25) is 5.91 Å². The molecule has 0 atom stereocenters. The molecule has 0 aliphatic heterocycles. The van der Waals surface area contributed by atoms with Crippen LogP contribution >= 0.6 is 39.3 Å². The molecule has 0 fully saturated rings. The first-order valence-corrected chi connectivity index (χ1v) is 7.73. The summed E-state index contributed by atoms with van der Waals surface area (Å²) in [5, 5.41) is 3.42. The molecule has 2 rings (SSSR count). The fraction of sp³-hybridized carbons (Fsp3) is 0.0714. The van der Waals surface area contributed by atoms with Crippen molar-refractivity contribution in [2.24, 2.45) is 0 Å². The zero-order chi connectivity index (χ0) is 13.7. The average Bonchev–Trinajstić information content (AvgIpc) is 2.38. The maximum Gasteiger partial charge on any atom is 0.234 e. The lowest BCUT2D eigenvalue weighted by molar-refractivity contribution is -0.113. The Balaban J connectivity index is 1.86. The Labute approximate surface area is 129 Å². The van der Waals surface area contributed by atoms with E-state index in [1.165, 1.54) is 11.8 Å². The lowest BCUT2D eigenvalue weighted by atomic mass is 10.3. The quantitative estimate of drug-likeness (QED) is 0.795. The number of carbonyl (C=O) groups is 1. The van der Waals surface area contributed by atoms with Crippen LogP contribution in [0.4, 0.5) is 5.69 Å². The molecule has 0 spiro atoms. The molecule has 0 unspecified atom stereocenters. The largest absolute Gasteiger partial charge is 0.325 e. The van der Waals surface area contributed by atoms with Crippen LogP contribution in [0.3, 0.4) is 0 Å². The van der Waals surface area contributed by atoms with Gasteiger partial charge >= 0.3 is 0 Å². The second-order valence-electron chi connectivity index (χ2n) is 3.80. The number of carbonyl (C=O) groups excluding carboxylic acids is 1. The van der Waals surface area contributed by atoms with E-state index in [1.807, 2.05) is 30.3 Å². The van der Waals surface area contributed by atoms with E-state index >= 15 is 0 Å². The Morgan fingerprint density at radius 3 is 2.63 bits per heavy atom. The monoisotopic (exact) mass is 355 g/mol. The highest BCUT2D eigenvalue weighted by atomic mass is 79.9. The number of benzene rings is 2. The fourth-order valence-corrected chi connectivity index (χ4v) is 2.60. The van der Waals surface area contributed by atoms with Crippen LogP contribution < -0.4 is 5.32 Å². The van der Waals surface area contributed by atoms with Crippen molar-refractivity contribution in [1.29, 1.82) is 0 Å². The maximum atomic E-state index is 11.8. The Bertz CT molecular complexity index is 574. The van der Waals surface area contributed by atoms with Gasteiger partial charge in [0.05, 0.1) is 5.75 Å². The molecule has 98 valence electrons. The molecule has 1 amide bonds. The zero-order valence-corrected chi connectivity index (χ0v) is 13.1. The Morgan fingerprint density at radius 2 is 1.95 bits per heavy atom. The summed E-state index contributed by atoms with van der Waals surface area (Å²) < 4.78 is 1.03. The molecule has 2 nitrogen and oxygen atoms in total. The SMILES string of the molecule is O=C(CSc1ccc(Br)cc1)Nc1cccc(Cl)c1. The third kappa shape index (κ3) is 4.90. The zero-order valence-electron chi connectivity index (χ0n) is 9.90. The van der Waals surface area contributed by atoms with Gasteiger partial charge in [-0.05, 0) is 42.5 Å². The van der Waals surface area contributed by atoms with Gasteiger partial charge in [-0.15, -0.1) is 11.8 Å². The second-order valence-corrected chi connectivity index (χ2v) is 6.20. The van der Waals surface area contributed by atoms with Crippen molar-refractivity contribution in [3.05, 3.63) is 58.0 Å². The number of anilines is 1. The van der Waals surface area contributed by atoms with Crippen molar-refractivity contribution in [3.63, 3.8) is 0 Å². The van der Waals surface area contributed by atoms with E-state index in [-0.39, 0.29) is 5.91 Å². The normalized spacial score (nSPS) is 10.2. The van der Waals surface area contributed by atoms with Crippen molar-refractivity contribution in [2.75, 3.05) is 11.1 Å². The van der Waals surface area contributed by atoms with E-state index in [0.29, 0.717) is 16.5 Å². The molecule has 2 aromatic carbocycles. The van der Waals surface area contributed by atoms with Crippen LogP contribution in [0.2, 0.25) is 5.02 Å². The lowest BCUT2D eigenvalue weighted by Crippen LogP contribution is -2.13. The molecule has 0 saturated carbocycles. The minimum absolute atomic E-state index is 0.0461. The molecule has 0 aliphatic carbocycles. The third-order valence-electron chi connectivity index (χ3n) is 2.29. The summed E-state index contributed by atoms with van der Waals surface area (Å²) in [5.74, 6) is 0.323. The highest BCUT2D eigenvalue weighted by Crippen LogP contribution is 2.21. The number of thioether (sulfide) groups is 1. The summed E-state index contributed by atoms with van der Waals surface area (Å²) in [4.78, 5) is 12.8. The van der Waals surface area contributed by atoms with E-state index < -0.39 is 0 Å². The van der Waals surface area contributed by atoms with Crippen LogP contribution in [-0.2, 0) is 4.79 Å². The maximum absolute atomic E-state index is 11.8. The van der Waals surface area contributed by atoms with E-state index in [9.17, 15) is 4.79 Å². The summed E-state index contributed by atoms with van der Waals surface area (Å²) in [7, 11) is 0. The first kappa shape index (κ1) is 14.4. The van der Waals surface area contributed by atoms with Crippen LogP contribution in [-0.4, -0.2) is 11.7 Å². The van der Waals surface area contributed by atoms with Gasteiger partial charge in [0.1, 0.15) is 0 Å². The smallest absolute Gasteiger partial charge is 0.234 e. The number of nitrogens with one attached hydrogen (secondary N) is 1. The molecule has 19 heavy (non-hydrogen) atoms. The van der Waals surface area contributed by atoms with Crippen LogP contribution in [0.5, 0.6) is 0 Å². The summed E-state index contributed by atoms with van der Waals surface area (Å²) in [6.45, 7) is 0. The van der Waals surface area contributed by atoms with Gasteiger partial charge in [0.25, 0.3) is 0 Å². The molecule has 0 heterocycles. The van der Waals surface area contributed by atoms with Crippen molar-refractivity contribution in [1.82, 2.24) is 0 Å². The summed E-state index contributed by atoms with van der Waals surface area (Å²) in [6, 6.07) is 15.0. The van der Waals surface area contributed by atoms with Gasteiger partial charge in [-0.25, -0.2) is 0 Å². The Hall–Kier alpha value is -0.970.